The third kappa shape index (κ3) is 5.30. The van der Waals surface area contributed by atoms with Crippen molar-refractivity contribution in [2.24, 2.45) is 5.92 Å². The average Bonchev–Trinajstić information content (AvgIpc) is 2.52. The maximum absolute atomic E-state index is 11.9. The van der Waals surface area contributed by atoms with E-state index >= 15 is 0 Å². The first-order valence-corrected chi connectivity index (χ1v) is 8.56. The van der Waals surface area contributed by atoms with Crippen molar-refractivity contribution in [3.63, 3.8) is 0 Å². The van der Waals surface area contributed by atoms with Crippen LogP contribution in [0.5, 0.6) is 0 Å². The summed E-state index contributed by atoms with van der Waals surface area (Å²) in [5, 5.41) is 5.74. The zero-order valence-corrected chi connectivity index (χ0v) is 14.2. The molecule has 1 fully saturated rings. The molecular weight excluding hydrogens is 379 g/mol. The molecule has 0 radical (unpaired) electrons. The number of hydrogen-bond acceptors (Lipinski definition) is 2. The minimum Gasteiger partial charge on any atom is -0.354 e. The molecule has 2 amide bonds. The second kappa shape index (κ2) is 8.36. The van der Waals surface area contributed by atoms with Gasteiger partial charge in [-0.05, 0) is 53.6 Å². The van der Waals surface area contributed by atoms with Gasteiger partial charge in [0.05, 0.1) is 0 Å². The molecule has 0 aromatic heterocycles. The number of carbonyl (C=O) groups is 2. The molecule has 21 heavy (non-hydrogen) atoms. The van der Waals surface area contributed by atoms with Crippen LogP contribution in [-0.2, 0) is 4.79 Å². The molecule has 0 saturated heterocycles. The largest absolute Gasteiger partial charge is 0.354 e. The van der Waals surface area contributed by atoms with E-state index in [0.29, 0.717) is 18.7 Å². The van der Waals surface area contributed by atoms with Gasteiger partial charge in [0.25, 0.3) is 5.91 Å². The van der Waals surface area contributed by atoms with Gasteiger partial charge in [-0.15, -0.1) is 0 Å². The van der Waals surface area contributed by atoms with Crippen LogP contribution in [-0.4, -0.2) is 24.9 Å². The molecule has 4 nitrogen and oxygen atoms in total. The van der Waals surface area contributed by atoms with Gasteiger partial charge < -0.3 is 10.6 Å². The fourth-order valence-corrected chi connectivity index (χ4v) is 3.15. The first kappa shape index (κ1) is 16.3. The molecule has 2 rings (SSSR count). The fourth-order valence-electron chi connectivity index (χ4n) is 2.60. The highest BCUT2D eigenvalue weighted by Gasteiger charge is 2.20. The molecule has 1 aliphatic rings. The van der Waals surface area contributed by atoms with Gasteiger partial charge in [0.15, 0.2) is 0 Å². The molecule has 1 aliphatic carbocycles. The molecule has 1 saturated carbocycles. The maximum Gasteiger partial charge on any atom is 0.251 e. The predicted octanol–water partition coefficient (Wildman–Crippen LogP) is 2.72. The summed E-state index contributed by atoms with van der Waals surface area (Å²) in [7, 11) is 0. The zero-order valence-electron chi connectivity index (χ0n) is 12.0. The summed E-state index contributed by atoms with van der Waals surface area (Å²) in [5.41, 5.74) is 0.653. The Morgan fingerprint density at radius 3 is 2.52 bits per heavy atom. The summed E-state index contributed by atoms with van der Waals surface area (Å²) < 4.78 is 1.03. The number of carbonyl (C=O) groups excluding carboxylic acids is 2. The molecule has 0 bridgehead atoms. The van der Waals surface area contributed by atoms with E-state index in [4.69, 9.17) is 0 Å². The van der Waals surface area contributed by atoms with E-state index in [1.807, 2.05) is 18.2 Å². The Balaban J connectivity index is 1.67. The zero-order chi connectivity index (χ0) is 15.1. The van der Waals surface area contributed by atoms with Crippen LogP contribution in [0.1, 0.15) is 42.5 Å². The van der Waals surface area contributed by atoms with Gasteiger partial charge >= 0.3 is 0 Å². The van der Waals surface area contributed by atoms with Crippen LogP contribution >= 0.6 is 22.6 Å². The van der Waals surface area contributed by atoms with Crippen molar-refractivity contribution in [1.82, 2.24) is 10.6 Å². The second-order valence-electron chi connectivity index (χ2n) is 5.39. The lowest BCUT2D eigenvalue weighted by atomic mass is 9.89. The van der Waals surface area contributed by atoms with Crippen molar-refractivity contribution >= 4 is 34.4 Å². The predicted molar refractivity (Wildman–Crippen MR) is 91.1 cm³/mol. The van der Waals surface area contributed by atoms with Crippen molar-refractivity contribution < 1.29 is 9.59 Å². The Morgan fingerprint density at radius 1 is 1.10 bits per heavy atom. The second-order valence-corrected chi connectivity index (χ2v) is 6.64. The van der Waals surface area contributed by atoms with Gasteiger partial charge in [0, 0.05) is 28.1 Å². The molecule has 2 N–H and O–H groups in total. The summed E-state index contributed by atoms with van der Waals surface area (Å²) in [6.07, 6.45) is 5.56. The van der Waals surface area contributed by atoms with Gasteiger partial charge in [-0.25, -0.2) is 0 Å². The number of amides is 2. The quantitative estimate of drug-likeness (QED) is 0.590. The Morgan fingerprint density at radius 2 is 1.81 bits per heavy atom. The molecule has 1 aromatic rings. The van der Waals surface area contributed by atoms with Crippen LogP contribution in [0.15, 0.2) is 24.3 Å². The van der Waals surface area contributed by atoms with Crippen molar-refractivity contribution in [2.45, 2.75) is 32.1 Å². The van der Waals surface area contributed by atoms with Gasteiger partial charge in [0.1, 0.15) is 0 Å². The van der Waals surface area contributed by atoms with Crippen molar-refractivity contribution in [3.8, 4) is 0 Å². The van der Waals surface area contributed by atoms with Crippen molar-refractivity contribution in [3.05, 3.63) is 33.4 Å². The molecule has 0 spiro atoms. The molecule has 0 atom stereocenters. The third-order valence-corrected chi connectivity index (χ3v) is 4.44. The summed E-state index contributed by atoms with van der Waals surface area (Å²) in [4.78, 5) is 23.8. The molecule has 0 heterocycles. The summed E-state index contributed by atoms with van der Waals surface area (Å²) in [6.45, 7) is 0.952. The van der Waals surface area contributed by atoms with Gasteiger partial charge in [0.2, 0.25) is 5.91 Å². The number of benzene rings is 1. The Hall–Kier alpha value is -1.11. The fraction of sp³-hybridized carbons (Fsp3) is 0.500. The van der Waals surface area contributed by atoms with E-state index in [9.17, 15) is 9.59 Å². The topological polar surface area (TPSA) is 58.2 Å². The highest BCUT2D eigenvalue weighted by Crippen LogP contribution is 2.23. The number of hydrogen-bond donors (Lipinski definition) is 2. The standard InChI is InChI=1S/C16H21IN2O2/c17-14-8-4-7-13(11-14)16(21)19-10-9-18-15(20)12-5-2-1-3-6-12/h4,7-8,11-12H,1-3,5-6,9-10H2,(H,18,20)(H,19,21). The minimum atomic E-state index is -0.0968. The summed E-state index contributed by atoms with van der Waals surface area (Å²) in [6, 6.07) is 7.44. The number of halogens is 1. The van der Waals surface area contributed by atoms with E-state index in [1.165, 1.54) is 6.42 Å². The van der Waals surface area contributed by atoms with Crippen molar-refractivity contribution in [2.75, 3.05) is 13.1 Å². The van der Waals surface area contributed by atoms with Crippen LogP contribution in [0.4, 0.5) is 0 Å². The first-order valence-electron chi connectivity index (χ1n) is 7.48. The van der Waals surface area contributed by atoms with Crippen LogP contribution in [0.3, 0.4) is 0 Å². The van der Waals surface area contributed by atoms with E-state index in [2.05, 4.69) is 33.2 Å². The number of nitrogens with one attached hydrogen (secondary N) is 2. The van der Waals surface area contributed by atoms with Crippen LogP contribution < -0.4 is 10.6 Å². The first-order chi connectivity index (χ1) is 10.2. The normalized spacial score (nSPS) is 15.5. The Bertz CT molecular complexity index is 499. The van der Waals surface area contributed by atoms with Crippen LogP contribution in [0.2, 0.25) is 0 Å². The van der Waals surface area contributed by atoms with Gasteiger partial charge in [-0.3, -0.25) is 9.59 Å². The summed E-state index contributed by atoms with van der Waals surface area (Å²) in [5.74, 6) is 0.212. The van der Waals surface area contributed by atoms with E-state index in [0.717, 1.165) is 29.3 Å². The van der Waals surface area contributed by atoms with Crippen LogP contribution in [0.25, 0.3) is 0 Å². The SMILES string of the molecule is O=C(NCCNC(=O)C1CCCCC1)c1cccc(I)c1. The van der Waals surface area contributed by atoms with E-state index in [1.54, 1.807) is 6.07 Å². The van der Waals surface area contributed by atoms with Gasteiger partial charge in [-0.2, -0.15) is 0 Å². The van der Waals surface area contributed by atoms with Crippen molar-refractivity contribution in [1.29, 1.82) is 0 Å². The lowest BCUT2D eigenvalue weighted by Gasteiger charge is -2.20. The Labute approximate surface area is 139 Å². The van der Waals surface area contributed by atoms with E-state index < -0.39 is 0 Å². The molecule has 5 heteroatoms. The highest BCUT2D eigenvalue weighted by atomic mass is 127. The number of rotatable bonds is 5. The molecule has 114 valence electrons. The third-order valence-electron chi connectivity index (χ3n) is 3.77. The molecule has 0 aliphatic heterocycles. The minimum absolute atomic E-state index is 0.0968. The molecular formula is C16H21IN2O2. The smallest absolute Gasteiger partial charge is 0.251 e. The monoisotopic (exact) mass is 400 g/mol. The Kier molecular flexibility index (Phi) is 6.48. The lowest BCUT2D eigenvalue weighted by Crippen LogP contribution is -2.38. The summed E-state index contributed by atoms with van der Waals surface area (Å²) >= 11 is 2.18. The average molecular weight is 400 g/mol. The van der Waals surface area contributed by atoms with Crippen LogP contribution in [0, 0.1) is 9.49 Å². The maximum atomic E-state index is 11.9. The lowest BCUT2D eigenvalue weighted by molar-refractivity contribution is -0.125. The molecule has 0 unspecified atom stereocenters. The highest BCUT2D eigenvalue weighted by molar-refractivity contribution is 14.1. The molecule has 1 aromatic carbocycles. The van der Waals surface area contributed by atoms with E-state index in [-0.39, 0.29) is 17.7 Å². The van der Waals surface area contributed by atoms with Gasteiger partial charge in [-0.1, -0.05) is 25.3 Å².